The Hall–Kier alpha value is -2.43. The molecule has 1 aromatic carbocycles. The van der Waals surface area contributed by atoms with Crippen molar-refractivity contribution >= 4 is 10.0 Å². The van der Waals surface area contributed by atoms with Gasteiger partial charge in [0, 0.05) is 25.0 Å². The Labute approximate surface area is 115 Å². The van der Waals surface area contributed by atoms with Gasteiger partial charge in [-0.1, -0.05) is 12.1 Å². The standard InChI is InChI=1S/C13H11N3O3S/c14-7-10-2-1-3-11(6-10)8-16-20(18,19)13-9-15-5-4-12(13)17/h1-6,9,16H,8H2,(H,15,17). The molecule has 2 aromatic rings. The summed E-state index contributed by atoms with van der Waals surface area (Å²) in [6, 6.07) is 9.68. The zero-order chi connectivity index (χ0) is 14.6. The largest absolute Gasteiger partial charge is 0.366 e. The summed E-state index contributed by atoms with van der Waals surface area (Å²) in [6.45, 7) is 0.00614. The number of nitrogens with zero attached hydrogens (tertiary/aromatic N) is 1. The molecule has 0 radical (unpaired) electrons. The van der Waals surface area contributed by atoms with E-state index in [0.717, 1.165) is 12.3 Å². The Balaban J connectivity index is 2.20. The second-order valence-corrected chi connectivity index (χ2v) is 5.74. The highest BCUT2D eigenvalue weighted by molar-refractivity contribution is 7.89. The van der Waals surface area contributed by atoms with Crippen LogP contribution in [0.4, 0.5) is 0 Å². The lowest BCUT2D eigenvalue weighted by Gasteiger charge is -2.06. The second kappa shape index (κ2) is 5.69. The van der Waals surface area contributed by atoms with Gasteiger partial charge < -0.3 is 4.98 Å². The Bertz CT molecular complexity index is 819. The topological polar surface area (TPSA) is 103 Å². The Morgan fingerprint density at radius 2 is 2.10 bits per heavy atom. The number of rotatable bonds is 4. The molecule has 2 rings (SSSR count). The lowest BCUT2D eigenvalue weighted by Crippen LogP contribution is -2.27. The summed E-state index contributed by atoms with van der Waals surface area (Å²) in [5.74, 6) is 0. The van der Waals surface area contributed by atoms with Crippen molar-refractivity contribution < 1.29 is 8.42 Å². The first kappa shape index (κ1) is 14.0. The molecule has 6 nitrogen and oxygen atoms in total. The summed E-state index contributed by atoms with van der Waals surface area (Å²) >= 11 is 0. The minimum absolute atomic E-state index is 0.00614. The molecule has 0 bridgehead atoms. The molecule has 0 atom stereocenters. The van der Waals surface area contributed by atoms with E-state index in [0.29, 0.717) is 11.1 Å². The van der Waals surface area contributed by atoms with Crippen LogP contribution in [-0.4, -0.2) is 13.4 Å². The fourth-order valence-electron chi connectivity index (χ4n) is 1.62. The Morgan fingerprint density at radius 3 is 2.80 bits per heavy atom. The van der Waals surface area contributed by atoms with Crippen LogP contribution >= 0.6 is 0 Å². The predicted octanol–water partition coefficient (Wildman–Crippen LogP) is 0.725. The van der Waals surface area contributed by atoms with Crippen LogP contribution in [0.2, 0.25) is 0 Å². The molecule has 0 fully saturated rings. The van der Waals surface area contributed by atoms with Crippen LogP contribution in [0.15, 0.2) is 52.4 Å². The molecule has 0 saturated carbocycles. The van der Waals surface area contributed by atoms with Crippen molar-refractivity contribution in [2.75, 3.05) is 0 Å². The highest BCUT2D eigenvalue weighted by Crippen LogP contribution is 2.06. The van der Waals surface area contributed by atoms with E-state index in [9.17, 15) is 13.2 Å². The number of pyridine rings is 1. The van der Waals surface area contributed by atoms with Crippen molar-refractivity contribution in [1.82, 2.24) is 9.71 Å². The van der Waals surface area contributed by atoms with Crippen molar-refractivity contribution in [3.63, 3.8) is 0 Å². The number of nitriles is 1. The molecule has 1 aromatic heterocycles. The SMILES string of the molecule is N#Cc1cccc(CNS(=O)(=O)c2c[nH]ccc2=O)c1. The molecule has 0 aliphatic rings. The fraction of sp³-hybridized carbons (Fsp3) is 0.0769. The maximum Gasteiger partial charge on any atom is 0.246 e. The van der Waals surface area contributed by atoms with E-state index in [-0.39, 0.29) is 11.4 Å². The van der Waals surface area contributed by atoms with Gasteiger partial charge in [-0.2, -0.15) is 5.26 Å². The number of hydrogen-bond acceptors (Lipinski definition) is 4. The summed E-state index contributed by atoms with van der Waals surface area (Å²) in [4.78, 5) is 13.7. The number of aromatic nitrogens is 1. The third kappa shape index (κ3) is 3.12. The molecular formula is C13H11N3O3S. The minimum atomic E-state index is -3.89. The average Bonchev–Trinajstić information content (AvgIpc) is 2.46. The molecule has 0 amide bonds. The van der Waals surface area contributed by atoms with E-state index in [1.165, 1.54) is 6.20 Å². The number of nitrogens with one attached hydrogen (secondary N) is 2. The van der Waals surface area contributed by atoms with E-state index in [1.807, 2.05) is 6.07 Å². The number of H-pyrrole nitrogens is 1. The maximum atomic E-state index is 12.0. The molecule has 20 heavy (non-hydrogen) atoms. The van der Waals surface area contributed by atoms with E-state index in [2.05, 4.69) is 9.71 Å². The quantitative estimate of drug-likeness (QED) is 0.865. The summed E-state index contributed by atoms with van der Waals surface area (Å²) < 4.78 is 26.3. The molecule has 2 N–H and O–H groups in total. The highest BCUT2D eigenvalue weighted by atomic mass is 32.2. The van der Waals surface area contributed by atoms with Crippen molar-refractivity contribution in [1.29, 1.82) is 5.26 Å². The van der Waals surface area contributed by atoms with Crippen LogP contribution < -0.4 is 10.2 Å². The van der Waals surface area contributed by atoms with Crippen LogP contribution in [0.5, 0.6) is 0 Å². The zero-order valence-electron chi connectivity index (χ0n) is 10.3. The first-order chi connectivity index (χ1) is 9.53. The molecule has 1 heterocycles. The number of sulfonamides is 1. The van der Waals surface area contributed by atoms with Crippen molar-refractivity contribution in [2.24, 2.45) is 0 Å². The molecule has 0 aliphatic carbocycles. The van der Waals surface area contributed by atoms with Gasteiger partial charge in [0.2, 0.25) is 15.5 Å². The van der Waals surface area contributed by atoms with Gasteiger partial charge >= 0.3 is 0 Å². The van der Waals surface area contributed by atoms with Gasteiger partial charge in [0.15, 0.2) is 0 Å². The predicted molar refractivity (Wildman–Crippen MR) is 72.2 cm³/mol. The fourth-order valence-corrected chi connectivity index (χ4v) is 2.69. The van der Waals surface area contributed by atoms with Crippen molar-refractivity contribution in [3.8, 4) is 6.07 Å². The van der Waals surface area contributed by atoms with Gasteiger partial charge in [0.25, 0.3) is 0 Å². The van der Waals surface area contributed by atoms with E-state index >= 15 is 0 Å². The first-order valence-corrected chi connectivity index (χ1v) is 7.17. The summed E-state index contributed by atoms with van der Waals surface area (Å²) in [7, 11) is -3.89. The normalized spacial score (nSPS) is 10.9. The summed E-state index contributed by atoms with van der Waals surface area (Å²) in [6.07, 6.45) is 2.49. The number of aromatic amines is 1. The van der Waals surface area contributed by atoms with Crippen LogP contribution in [0.3, 0.4) is 0 Å². The van der Waals surface area contributed by atoms with Crippen molar-refractivity contribution in [3.05, 3.63) is 64.1 Å². The molecule has 0 spiro atoms. The van der Waals surface area contributed by atoms with Gasteiger partial charge in [-0.05, 0) is 17.7 Å². The summed E-state index contributed by atoms with van der Waals surface area (Å²) in [5, 5.41) is 8.77. The third-order valence-corrected chi connectivity index (χ3v) is 4.02. The zero-order valence-corrected chi connectivity index (χ0v) is 11.1. The lowest BCUT2D eigenvalue weighted by molar-refractivity contribution is 0.580. The molecule has 102 valence electrons. The second-order valence-electron chi connectivity index (χ2n) is 4.01. The molecule has 0 saturated heterocycles. The molecule has 7 heteroatoms. The highest BCUT2D eigenvalue weighted by Gasteiger charge is 2.17. The first-order valence-electron chi connectivity index (χ1n) is 5.69. The number of hydrogen-bond donors (Lipinski definition) is 2. The minimum Gasteiger partial charge on any atom is -0.366 e. The van der Waals surface area contributed by atoms with E-state index in [4.69, 9.17) is 5.26 Å². The van der Waals surface area contributed by atoms with Crippen LogP contribution in [0.1, 0.15) is 11.1 Å². The average molecular weight is 289 g/mol. The van der Waals surface area contributed by atoms with Gasteiger partial charge in [-0.25, -0.2) is 13.1 Å². The van der Waals surface area contributed by atoms with Crippen LogP contribution in [-0.2, 0) is 16.6 Å². The van der Waals surface area contributed by atoms with Gasteiger partial charge in [0.1, 0.15) is 4.90 Å². The van der Waals surface area contributed by atoms with Crippen molar-refractivity contribution in [2.45, 2.75) is 11.4 Å². The van der Waals surface area contributed by atoms with E-state index in [1.54, 1.807) is 24.3 Å². The lowest BCUT2D eigenvalue weighted by atomic mass is 10.1. The van der Waals surface area contributed by atoms with Gasteiger partial charge in [-0.3, -0.25) is 4.79 Å². The Morgan fingerprint density at radius 1 is 1.30 bits per heavy atom. The molecular weight excluding hydrogens is 278 g/mol. The van der Waals surface area contributed by atoms with E-state index < -0.39 is 15.5 Å². The third-order valence-electron chi connectivity index (χ3n) is 2.60. The number of benzene rings is 1. The molecule has 0 unspecified atom stereocenters. The van der Waals surface area contributed by atoms with Crippen LogP contribution in [0.25, 0.3) is 0 Å². The molecule has 0 aliphatic heterocycles. The monoisotopic (exact) mass is 289 g/mol. The smallest absolute Gasteiger partial charge is 0.246 e. The van der Waals surface area contributed by atoms with Gasteiger partial charge in [0.05, 0.1) is 11.6 Å². The Kier molecular flexibility index (Phi) is 3.98. The van der Waals surface area contributed by atoms with Gasteiger partial charge in [-0.15, -0.1) is 0 Å². The maximum absolute atomic E-state index is 12.0. The summed E-state index contributed by atoms with van der Waals surface area (Å²) in [5.41, 5.74) is 0.501. The van der Waals surface area contributed by atoms with Crippen LogP contribution in [0, 0.1) is 11.3 Å².